The summed E-state index contributed by atoms with van der Waals surface area (Å²) in [5.74, 6) is -0.906. The molecule has 144 valence electrons. The molecule has 1 saturated heterocycles. The maximum absolute atomic E-state index is 13.6. The molecule has 0 bridgehead atoms. The van der Waals surface area contributed by atoms with E-state index in [0.29, 0.717) is 19.7 Å². The van der Waals surface area contributed by atoms with Gasteiger partial charge in [0.1, 0.15) is 17.4 Å². The smallest absolute Gasteiger partial charge is 0.238 e. The summed E-state index contributed by atoms with van der Waals surface area (Å²) in [5.41, 5.74) is 1.04. The fraction of sp³-hybridized carbons (Fsp3) is 0.350. The van der Waals surface area contributed by atoms with Gasteiger partial charge in [-0.05, 0) is 31.2 Å². The summed E-state index contributed by atoms with van der Waals surface area (Å²) >= 11 is 0. The van der Waals surface area contributed by atoms with Crippen molar-refractivity contribution in [2.75, 3.05) is 49.5 Å². The number of amides is 1. The first kappa shape index (κ1) is 19.1. The van der Waals surface area contributed by atoms with E-state index in [1.165, 1.54) is 6.07 Å². The second kappa shape index (κ2) is 8.81. The SMILES string of the molecule is CCOc1ccccc1N1CCN(CC(=O)Nc2ccc(F)cc2F)CC1. The number of hydrogen-bond acceptors (Lipinski definition) is 4. The van der Waals surface area contributed by atoms with Gasteiger partial charge in [-0.1, -0.05) is 12.1 Å². The Labute approximate surface area is 157 Å². The van der Waals surface area contributed by atoms with E-state index in [4.69, 9.17) is 4.74 Å². The van der Waals surface area contributed by atoms with Gasteiger partial charge in [0.05, 0.1) is 24.5 Å². The number of carbonyl (C=O) groups excluding carboxylic acids is 1. The Morgan fingerprint density at radius 1 is 1.11 bits per heavy atom. The quantitative estimate of drug-likeness (QED) is 0.843. The molecule has 1 N–H and O–H groups in total. The average molecular weight is 375 g/mol. The molecular formula is C20H23F2N3O2. The maximum Gasteiger partial charge on any atom is 0.238 e. The Kier molecular flexibility index (Phi) is 6.24. The van der Waals surface area contributed by atoms with Gasteiger partial charge in [-0.15, -0.1) is 0 Å². The predicted octanol–water partition coefficient (Wildman–Crippen LogP) is 3.12. The topological polar surface area (TPSA) is 44.8 Å². The van der Waals surface area contributed by atoms with Crippen molar-refractivity contribution in [2.24, 2.45) is 0 Å². The molecule has 5 nitrogen and oxygen atoms in total. The van der Waals surface area contributed by atoms with Crippen molar-refractivity contribution in [3.05, 3.63) is 54.1 Å². The zero-order valence-electron chi connectivity index (χ0n) is 15.3. The molecule has 2 aromatic carbocycles. The van der Waals surface area contributed by atoms with Crippen LogP contribution in [0.1, 0.15) is 6.92 Å². The van der Waals surface area contributed by atoms with E-state index in [1.807, 2.05) is 36.1 Å². The lowest BCUT2D eigenvalue weighted by Gasteiger charge is -2.36. The number of halogens is 2. The first-order valence-electron chi connectivity index (χ1n) is 9.01. The summed E-state index contributed by atoms with van der Waals surface area (Å²) in [6.45, 7) is 5.68. The van der Waals surface area contributed by atoms with Gasteiger partial charge in [0.15, 0.2) is 0 Å². The van der Waals surface area contributed by atoms with Crippen LogP contribution in [0, 0.1) is 11.6 Å². The first-order valence-corrected chi connectivity index (χ1v) is 9.01. The average Bonchev–Trinajstić information content (AvgIpc) is 2.65. The first-order chi connectivity index (χ1) is 13.1. The lowest BCUT2D eigenvalue weighted by Crippen LogP contribution is -2.48. The number of piperazine rings is 1. The highest BCUT2D eigenvalue weighted by atomic mass is 19.1. The Balaban J connectivity index is 1.53. The Bertz CT molecular complexity index is 793. The van der Waals surface area contributed by atoms with Crippen LogP contribution >= 0.6 is 0 Å². The summed E-state index contributed by atoms with van der Waals surface area (Å²) in [4.78, 5) is 16.4. The Hall–Kier alpha value is -2.67. The van der Waals surface area contributed by atoms with Crippen molar-refractivity contribution in [3.8, 4) is 5.75 Å². The summed E-state index contributed by atoms with van der Waals surface area (Å²) in [5, 5.41) is 2.50. The van der Waals surface area contributed by atoms with Gasteiger partial charge >= 0.3 is 0 Å². The lowest BCUT2D eigenvalue weighted by molar-refractivity contribution is -0.117. The molecule has 0 spiro atoms. The van der Waals surface area contributed by atoms with Crippen LogP contribution in [-0.4, -0.2) is 50.1 Å². The number of para-hydroxylation sites is 2. The van der Waals surface area contributed by atoms with Gasteiger partial charge in [0.25, 0.3) is 0 Å². The highest BCUT2D eigenvalue weighted by Crippen LogP contribution is 2.28. The van der Waals surface area contributed by atoms with Crippen LogP contribution in [0.25, 0.3) is 0 Å². The van der Waals surface area contributed by atoms with E-state index in [1.54, 1.807) is 0 Å². The number of nitrogens with zero attached hydrogens (tertiary/aromatic N) is 2. The minimum atomic E-state index is -0.777. The van der Waals surface area contributed by atoms with Crippen molar-refractivity contribution in [3.63, 3.8) is 0 Å². The molecule has 0 saturated carbocycles. The van der Waals surface area contributed by atoms with Crippen LogP contribution in [0.5, 0.6) is 5.75 Å². The van der Waals surface area contributed by atoms with Crippen molar-refractivity contribution in [2.45, 2.75) is 6.92 Å². The number of rotatable bonds is 6. The Morgan fingerprint density at radius 2 is 1.85 bits per heavy atom. The zero-order chi connectivity index (χ0) is 19.2. The highest BCUT2D eigenvalue weighted by molar-refractivity contribution is 5.92. The minimum Gasteiger partial charge on any atom is -0.492 e. The maximum atomic E-state index is 13.6. The fourth-order valence-electron chi connectivity index (χ4n) is 3.13. The summed E-state index contributed by atoms with van der Waals surface area (Å²) in [6, 6.07) is 11.0. The molecule has 0 aliphatic carbocycles. The van der Waals surface area contributed by atoms with Crippen LogP contribution in [0.2, 0.25) is 0 Å². The minimum absolute atomic E-state index is 0.00863. The largest absolute Gasteiger partial charge is 0.492 e. The second-order valence-corrected chi connectivity index (χ2v) is 6.34. The molecule has 1 heterocycles. The van der Waals surface area contributed by atoms with Gasteiger partial charge in [-0.3, -0.25) is 9.69 Å². The van der Waals surface area contributed by atoms with Gasteiger partial charge in [0.2, 0.25) is 5.91 Å². The van der Waals surface area contributed by atoms with Gasteiger partial charge in [-0.25, -0.2) is 8.78 Å². The van der Waals surface area contributed by atoms with Gasteiger partial charge in [0, 0.05) is 32.2 Å². The molecule has 1 fully saturated rings. The standard InChI is InChI=1S/C20H23F2N3O2/c1-2-27-19-6-4-3-5-18(19)25-11-9-24(10-12-25)14-20(26)23-17-8-7-15(21)13-16(17)22/h3-8,13H,2,9-12,14H2,1H3,(H,23,26). The number of nitrogens with one attached hydrogen (secondary N) is 1. The van der Waals surface area contributed by atoms with E-state index in [-0.39, 0.29) is 18.1 Å². The third-order valence-corrected chi connectivity index (χ3v) is 4.45. The predicted molar refractivity (Wildman–Crippen MR) is 101 cm³/mol. The van der Waals surface area contributed by atoms with Gasteiger partial charge in [-0.2, -0.15) is 0 Å². The molecular weight excluding hydrogens is 352 g/mol. The number of benzene rings is 2. The monoisotopic (exact) mass is 375 g/mol. The zero-order valence-corrected chi connectivity index (χ0v) is 15.3. The third-order valence-electron chi connectivity index (χ3n) is 4.45. The normalized spacial score (nSPS) is 14.9. The lowest BCUT2D eigenvalue weighted by atomic mass is 10.2. The van der Waals surface area contributed by atoms with Crippen LogP contribution in [0.3, 0.4) is 0 Å². The number of ether oxygens (including phenoxy) is 1. The van der Waals surface area contributed by atoms with E-state index in [2.05, 4.69) is 10.2 Å². The van der Waals surface area contributed by atoms with E-state index < -0.39 is 11.6 Å². The molecule has 0 atom stereocenters. The van der Waals surface area contributed by atoms with Crippen LogP contribution < -0.4 is 15.0 Å². The molecule has 2 aromatic rings. The highest BCUT2D eigenvalue weighted by Gasteiger charge is 2.21. The van der Waals surface area contributed by atoms with Crippen LogP contribution in [0.4, 0.5) is 20.2 Å². The molecule has 0 aromatic heterocycles. The molecule has 1 aliphatic heterocycles. The van der Waals surface area contributed by atoms with E-state index >= 15 is 0 Å². The number of hydrogen-bond donors (Lipinski definition) is 1. The third kappa shape index (κ3) is 4.95. The van der Waals surface area contributed by atoms with Crippen LogP contribution in [0.15, 0.2) is 42.5 Å². The fourth-order valence-corrected chi connectivity index (χ4v) is 3.13. The molecule has 0 radical (unpaired) electrons. The Morgan fingerprint density at radius 3 is 2.56 bits per heavy atom. The van der Waals surface area contributed by atoms with Crippen molar-refractivity contribution in [1.29, 1.82) is 0 Å². The molecule has 3 rings (SSSR count). The van der Waals surface area contributed by atoms with Crippen molar-refractivity contribution < 1.29 is 18.3 Å². The van der Waals surface area contributed by atoms with Crippen molar-refractivity contribution >= 4 is 17.3 Å². The summed E-state index contributed by atoms with van der Waals surface area (Å²) in [7, 11) is 0. The number of carbonyl (C=O) groups is 1. The van der Waals surface area contributed by atoms with E-state index in [0.717, 1.165) is 36.7 Å². The molecule has 27 heavy (non-hydrogen) atoms. The van der Waals surface area contributed by atoms with Crippen LogP contribution in [-0.2, 0) is 4.79 Å². The molecule has 1 aliphatic rings. The molecule has 0 unspecified atom stereocenters. The summed E-state index contributed by atoms with van der Waals surface area (Å²) in [6.07, 6.45) is 0. The second-order valence-electron chi connectivity index (χ2n) is 6.34. The van der Waals surface area contributed by atoms with E-state index in [9.17, 15) is 13.6 Å². The molecule has 7 heteroatoms. The van der Waals surface area contributed by atoms with Gasteiger partial charge < -0.3 is 15.0 Å². The summed E-state index contributed by atoms with van der Waals surface area (Å²) < 4.78 is 32.3. The van der Waals surface area contributed by atoms with Crippen molar-refractivity contribution in [1.82, 2.24) is 4.90 Å². The number of anilines is 2. The molecule has 1 amide bonds.